The largest absolute Gasteiger partial charge is 0.490 e. The molecular formula is C10H14ClFN5O12P3. The molecule has 0 radical (unpaired) electrons. The fourth-order valence-electron chi connectivity index (χ4n) is 2.62. The number of alkyl halides is 2. The number of aliphatic hydroxyl groups excluding tert-OH is 1. The Kier molecular flexibility index (Phi) is 6.86. The number of aliphatic hydroxyl groups is 1. The third-order valence-corrected chi connectivity index (χ3v) is 8.05. The number of anilines is 1. The highest BCUT2D eigenvalue weighted by Gasteiger charge is 2.58. The highest BCUT2D eigenvalue weighted by molar-refractivity contribution is 7.66. The Bertz CT molecular complexity index is 1160. The normalized spacial score (nSPS) is 30.3. The van der Waals surface area contributed by atoms with Crippen molar-refractivity contribution in [3.8, 4) is 0 Å². The smallest absolute Gasteiger partial charge is 0.385 e. The fraction of sp³-hybridized carbons (Fsp3) is 0.500. The number of fused-ring (bicyclic) bond motifs is 1. The van der Waals surface area contributed by atoms with Crippen LogP contribution in [0, 0.1) is 0 Å². The molecule has 2 aromatic rings. The van der Waals surface area contributed by atoms with Crippen molar-refractivity contribution in [2.75, 3.05) is 12.3 Å². The molecule has 17 nitrogen and oxygen atoms in total. The lowest BCUT2D eigenvalue weighted by Gasteiger charge is -2.22. The van der Waals surface area contributed by atoms with Crippen molar-refractivity contribution in [1.29, 1.82) is 0 Å². The van der Waals surface area contributed by atoms with Gasteiger partial charge in [-0.05, 0) is 0 Å². The Hall–Kier alpha value is -1.10. The third-order valence-electron chi connectivity index (χ3n) is 3.84. The van der Waals surface area contributed by atoms with Crippen LogP contribution in [0.4, 0.5) is 10.2 Å². The molecule has 6 atom stereocenters. The summed E-state index contributed by atoms with van der Waals surface area (Å²) in [5.41, 5.74) is 5.68. The maximum Gasteiger partial charge on any atom is 0.490 e. The molecule has 32 heavy (non-hydrogen) atoms. The van der Waals surface area contributed by atoms with Gasteiger partial charge in [-0.25, -0.2) is 33.0 Å². The van der Waals surface area contributed by atoms with E-state index >= 15 is 4.39 Å². The second-order valence-electron chi connectivity index (χ2n) is 6.12. The van der Waals surface area contributed by atoms with E-state index < -0.39 is 53.6 Å². The van der Waals surface area contributed by atoms with Gasteiger partial charge in [0.1, 0.15) is 24.1 Å². The molecule has 7 N–H and O–H groups in total. The van der Waals surface area contributed by atoms with Gasteiger partial charge in [0.05, 0.1) is 12.9 Å². The van der Waals surface area contributed by atoms with Crippen LogP contribution < -0.4 is 5.73 Å². The second-order valence-corrected chi connectivity index (χ2v) is 11.1. The first kappa shape index (κ1) is 25.5. The molecule has 180 valence electrons. The summed E-state index contributed by atoms with van der Waals surface area (Å²) < 4.78 is 66.4. The van der Waals surface area contributed by atoms with Crippen molar-refractivity contribution in [3.63, 3.8) is 0 Å². The number of halogens is 2. The first-order chi connectivity index (χ1) is 14.5. The van der Waals surface area contributed by atoms with Gasteiger partial charge in [-0.1, -0.05) is 11.6 Å². The number of hydrogen-bond donors (Lipinski definition) is 6. The predicted octanol–water partition coefficient (Wildman–Crippen LogP) is -0.0853. The Morgan fingerprint density at radius 2 is 1.84 bits per heavy atom. The second kappa shape index (κ2) is 8.60. The van der Waals surface area contributed by atoms with Crippen molar-refractivity contribution in [2.45, 2.75) is 23.6 Å². The summed E-state index contributed by atoms with van der Waals surface area (Å²) in [5, 5.41) is 7.10. The molecule has 0 bridgehead atoms. The number of phosphoric ester groups is 1. The first-order valence-corrected chi connectivity index (χ1v) is 12.8. The van der Waals surface area contributed by atoms with E-state index in [4.69, 9.17) is 36.8 Å². The number of hydrogen-bond acceptors (Lipinski definition) is 12. The molecule has 0 amide bonds. The number of rotatable bonds is 8. The highest BCUT2D eigenvalue weighted by Crippen LogP contribution is 2.66. The number of aromatic nitrogens is 4. The van der Waals surface area contributed by atoms with Crippen molar-refractivity contribution >= 4 is 52.1 Å². The van der Waals surface area contributed by atoms with E-state index in [0.29, 0.717) is 0 Å². The van der Waals surface area contributed by atoms with Gasteiger partial charge < -0.3 is 35.2 Å². The summed E-state index contributed by atoms with van der Waals surface area (Å²) in [7, 11) is -16.9. The number of nitrogens with two attached hydrogens (primary N) is 1. The molecule has 3 rings (SSSR count). The maximum absolute atomic E-state index is 15.0. The van der Waals surface area contributed by atoms with Gasteiger partial charge in [0, 0.05) is 0 Å². The molecule has 22 heteroatoms. The highest BCUT2D eigenvalue weighted by atomic mass is 35.5. The number of nitrogens with zero attached hydrogens (tertiary/aromatic N) is 4. The van der Waals surface area contributed by atoms with E-state index in [1.54, 1.807) is 0 Å². The lowest BCUT2D eigenvalue weighted by atomic mass is 10.1. The van der Waals surface area contributed by atoms with Gasteiger partial charge >= 0.3 is 23.5 Å². The Morgan fingerprint density at radius 3 is 2.47 bits per heavy atom. The summed E-state index contributed by atoms with van der Waals surface area (Å²) in [6, 6.07) is 0. The maximum atomic E-state index is 15.0. The fourth-order valence-corrected chi connectivity index (χ4v) is 5.95. The van der Waals surface area contributed by atoms with Gasteiger partial charge in [-0.2, -0.15) is 8.62 Å². The van der Waals surface area contributed by atoms with Crippen LogP contribution in [0.25, 0.3) is 11.2 Å². The molecule has 0 aliphatic carbocycles. The van der Waals surface area contributed by atoms with Crippen LogP contribution in [0.15, 0.2) is 12.7 Å². The Labute approximate surface area is 181 Å². The molecule has 1 saturated heterocycles. The molecule has 2 aromatic heterocycles. The van der Waals surface area contributed by atoms with E-state index in [2.05, 4.69) is 28.1 Å². The molecule has 0 saturated carbocycles. The van der Waals surface area contributed by atoms with Crippen LogP contribution in [-0.4, -0.2) is 68.1 Å². The first-order valence-electron chi connectivity index (χ1n) is 7.95. The van der Waals surface area contributed by atoms with Crippen molar-refractivity contribution in [3.05, 3.63) is 12.7 Å². The standard InChI is InChI=1S/C10H14ClFN5O12P3/c11-10(12)6(18)4(1-26-31(22,23)29-32(24,25)28-30(19,20)21)27-9(10)17-3-16-5-7(13)14-2-15-8(5)17/h2-4,6,9,18H,1H2,(H,22,23)(H,24,25)(H2,13,14,15)(H2,19,20,21)/t4-,6-,9-,10+/m1/s1. The molecule has 1 aliphatic heterocycles. The minimum Gasteiger partial charge on any atom is -0.385 e. The van der Waals surface area contributed by atoms with Crippen LogP contribution in [0.5, 0.6) is 0 Å². The topological polar surface area (TPSA) is 259 Å². The van der Waals surface area contributed by atoms with Gasteiger partial charge in [-0.15, -0.1) is 0 Å². The van der Waals surface area contributed by atoms with Gasteiger partial charge in [0.2, 0.25) is 0 Å². The number of phosphoric acid groups is 3. The van der Waals surface area contributed by atoms with Crippen LogP contribution in [0.2, 0.25) is 0 Å². The molecular weight excluding hydrogens is 530 g/mol. The molecule has 1 aliphatic rings. The Balaban J connectivity index is 1.74. The number of imidazole rings is 1. The van der Waals surface area contributed by atoms with Crippen molar-refractivity contribution in [2.24, 2.45) is 0 Å². The molecule has 3 heterocycles. The molecule has 0 spiro atoms. The number of ether oxygens (including phenoxy) is 1. The quantitative estimate of drug-likeness (QED) is 0.188. The predicted molar refractivity (Wildman–Crippen MR) is 99.2 cm³/mol. The van der Waals surface area contributed by atoms with E-state index in [-0.39, 0.29) is 17.0 Å². The van der Waals surface area contributed by atoms with Gasteiger partial charge in [0.25, 0.3) is 5.13 Å². The molecule has 0 aromatic carbocycles. The van der Waals surface area contributed by atoms with Gasteiger partial charge in [0.15, 0.2) is 17.7 Å². The SMILES string of the molecule is Nc1ncnc2c1ncn2[C@@H]1O[C@H](COP(=O)(O)OP(=O)(O)OP(=O)(O)O)[C@@H](O)[C@@]1(F)Cl. The Morgan fingerprint density at radius 1 is 1.19 bits per heavy atom. The van der Waals surface area contributed by atoms with Crippen LogP contribution >= 0.6 is 35.1 Å². The average molecular weight is 544 g/mol. The molecule has 1 fully saturated rings. The summed E-state index contributed by atoms with van der Waals surface area (Å²) in [6.07, 6.45) is -3.65. The zero-order valence-electron chi connectivity index (χ0n) is 15.2. The average Bonchev–Trinajstić information content (AvgIpc) is 3.11. The summed E-state index contributed by atoms with van der Waals surface area (Å²) in [6.45, 7) is -1.14. The van der Waals surface area contributed by atoms with E-state index in [9.17, 15) is 23.7 Å². The zero-order chi connectivity index (χ0) is 24.1. The van der Waals surface area contributed by atoms with E-state index in [1.165, 1.54) is 0 Å². The lowest BCUT2D eigenvalue weighted by Crippen LogP contribution is -2.38. The zero-order valence-corrected chi connectivity index (χ0v) is 18.6. The monoisotopic (exact) mass is 543 g/mol. The van der Waals surface area contributed by atoms with Crippen LogP contribution in [-0.2, 0) is 31.6 Å². The van der Waals surface area contributed by atoms with Crippen LogP contribution in [0.1, 0.15) is 6.23 Å². The number of nitrogen functional groups attached to an aromatic ring is 1. The van der Waals surface area contributed by atoms with Crippen molar-refractivity contribution < 1.29 is 60.6 Å². The van der Waals surface area contributed by atoms with Crippen LogP contribution in [0.3, 0.4) is 0 Å². The minimum atomic E-state index is -5.76. The summed E-state index contributed by atoms with van der Waals surface area (Å²) in [4.78, 5) is 47.0. The summed E-state index contributed by atoms with van der Waals surface area (Å²) >= 11 is 5.77. The summed E-state index contributed by atoms with van der Waals surface area (Å²) in [5.74, 6) is -0.0458. The van der Waals surface area contributed by atoms with Gasteiger partial charge in [-0.3, -0.25) is 9.09 Å². The van der Waals surface area contributed by atoms with E-state index in [1.807, 2.05) is 0 Å². The molecule has 2 unspecified atom stereocenters. The lowest BCUT2D eigenvalue weighted by molar-refractivity contribution is -0.0473. The van der Waals surface area contributed by atoms with E-state index in [0.717, 1.165) is 17.2 Å². The van der Waals surface area contributed by atoms with Crippen molar-refractivity contribution in [1.82, 2.24) is 19.5 Å². The third kappa shape index (κ3) is 5.51. The minimum absolute atomic E-state index is 0.0223.